The summed E-state index contributed by atoms with van der Waals surface area (Å²) in [4.78, 5) is 10.9. The first kappa shape index (κ1) is 7.30. The standard InChI is InChI=1S/C10H13N3/c1-4-13(5-1)10-6-9(8-2-3-8)11-7-12-10/h6-8H,1-5H2. The molecular weight excluding hydrogens is 162 g/mol. The van der Waals surface area contributed by atoms with Crippen LogP contribution < -0.4 is 4.90 Å². The maximum Gasteiger partial charge on any atom is 0.132 e. The van der Waals surface area contributed by atoms with E-state index in [0.717, 1.165) is 11.7 Å². The summed E-state index contributed by atoms with van der Waals surface area (Å²) in [5.74, 6) is 1.87. The van der Waals surface area contributed by atoms with Gasteiger partial charge in [0.1, 0.15) is 12.1 Å². The van der Waals surface area contributed by atoms with E-state index in [4.69, 9.17) is 0 Å². The third-order valence-electron chi connectivity index (χ3n) is 2.85. The van der Waals surface area contributed by atoms with Crippen molar-refractivity contribution in [1.29, 1.82) is 0 Å². The van der Waals surface area contributed by atoms with Gasteiger partial charge in [-0.05, 0) is 19.3 Å². The molecule has 1 aliphatic heterocycles. The minimum Gasteiger partial charge on any atom is -0.356 e. The van der Waals surface area contributed by atoms with E-state index in [2.05, 4.69) is 20.9 Å². The SMILES string of the molecule is c1nc(C2CC2)cc(N2CCC2)n1. The molecule has 0 radical (unpaired) electrons. The summed E-state index contributed by atoms with van der Waals surface area (Å²) in [5, 5.41) is 0. The van der Waals surface area contributed by atoms with Crippen LogP contribution in [0.15, 0.2) is 12.4 Å². The molecule has 1 aromatic rings. The zero-order chi connectivity index (χ0) is 8.67. The van der Waals surface area contributed by atoms with Gasteiger partial charge in [0.15, 0.2) is 0 Å². The van der Waals surface area contributed by atoms with Crippen molar-refractivity contribution in [2.75, 3.05) is 18.0 Å². The van der Waals surface area contributed by atoms with Crippen LogP contribution in [0.4, 0.5) is 5.82 Å². The first-order chi connectivity index (χ1) is 6.43. The van der Waals surface area contributed by atoms with Crippen LogP contribution >= 0.6 is 0 Å². The smallest absolute Gasteiger partial charge is 0.132 e. The molecule has 2 heterocycles. The van der Waals surface area contributed by atoms with E-state index < -0.39 is 0 Å². The van der Waals surface area contributed by atoms with Gasteiger partial charge in [0.2, 0.25) is 0 Å². The molecular formula is C10H13N3. The van der Waals surface area contributed by atoms with E-state index in [1.807, 2.05) is 0 Å². The van der Waals surface area contributed by atoms with Gasteiger partial charge in [-0.3, -0.25) is 0 Å². The Labute approximate surface area is 77.8 Å². The molecule has 0 aromatic carbocycles. The fraction of sp³-hybridized carbons (Fsp3) is 0.600. The molecule has 2 fully saturated rings. The molecule has 0 amide bonds. The Bertz CT molecular complexity index is 316. The monoisotopic (exact) mass is 175 g/mol. The second-order valence-electron chi connectivity index (χ2n) is 3.92. The van der Waals surface area contributed by atoms with Gasteiger partial charge in [-0.25, -0.2) is 9.97 Å². The van der Waals surface area contributed by atoms with Gasteiger partial charge in [-0.15, -0.1) is 0 Å². The van der Waals surface area contributed by atoms with Crippen molar-refractivity contribution in [1.82, 2.24) is 9.97 Å². The first-order valence-corrected chi connectivity index (χ1v) is 5.00. The quantitative estimate of drug-likeness (QED) is 0.683. The second-order valence-corrected chi connectivity index (χ2v) is 3.92. The van der Waals surface area contributed by atoms with E-state index >= 15 is 0 Å². The molecule has 1 saturated carbocycles. The Morgan fingerprint density at radius 2 is 2.08 bits per heavy atom. The van der Waals surface area contributed by atoms with Gasteiger partial charge in [-0.1, -0.05) is 0 Å². The largest absolute Gasteiger partial charge is 0.356 e. The molecule has 68 valence electrons. The number of nitrogens with zero attached hydrogens (tertiary/aromatic N) is 3. The predicted molar refractivity (Wildman–Crippen MR) is 50.8 cm³/mol. The Kier molecular flexibility index (Phi) is 1.51. The van der Waals surface area contributed by atoms with Gasteiger partial charge in [-0.2, -0.15) is 0 Å². The number of aromatic nitrogens is 2. The van der Waals surface area contributed by atoms with Crippen molar-refractivity contribution < 1.29 is 0 Å². The van der Waals surface area contributed by atoms with Gasteiger partial charge in [0, 0.05) is 30.8 Å². The van der Waals surface area contributed by atoms with Gasteiger partial charge in [0.05, 0.1) is 0 Å². The number of hydrogen-bond donors (Lipinski definition) is 0. The Hall–Kier alpha value is -1.12. The van der Waals surface area contributed by atoms with Gasteiger partial charge >= 0.3 is 0 Å². The molecule has 3 heteroatoms. The minimum atomic E-state index is 0.739. The third-order valence-corrected chi connectivity index (χ3v) is 2.85. The van der Waals surface area contributed by atoms with Crippen molar-refractivity contribution >= 4 is 5.82 Å². The van der Waals surface area contributed by atoms with Crippen LogP contribution in [0.5, 0.6) is 0 Å². The van der Waals surface area contributed by atoms with E-state index in [0.29, 0.717) is 0 Å². The molecule has 13 heavy (non-hydrogen) atoms. The third kappa shape index (κ3) is 1.28. The highest BCUT2D eigenvalue weighted by Gasteiger charge is 2.26. The van der Waals surface area contributed by atoms with Crippen LogP contribution in [0, 0.1) is 0 Å². The summed E-state index contributed by atoms with van der Waals surface area (Å²) in [6.07, 6.45) is 5.65. The van der Waals surface area contributed by atoms with Crippen LogP contribution in [-0.4, -0.2) is 23.1 Å². The Morgan fingerprint density at radius 1 is 1.23 bits per heavy atom. The minimum absolute atomic E-state index is 0.739. The van der Waals surface area contributed by atoms with Crippen molar-refractivity contribution in [2.45, 2.75) is 25.2 Å². The fourth-order valence-corrected chi connectivity index (χ4v) is 1.68. The van der Waals surface area contributed by atoms with Crippen LogP contribution in [-0.2, 0) is 0 Å². The van der Waals surface area contributed by atoms with Gasteiger partial charge < -0.3 is 4.90 Å². The van der Waals surface area contributed by atoms with Crippen LogP contribution in [0.1, 0.15) is 30.9 Å². The summed E-state index contributed by atoms with van der Waals surface area (Å²) in [6.45, 7) is 2.34. The summed E-state index contributed by atoms with van der Waals surface area (Å²) in [6, 6.07) is 2.16. The lowest BCUT2D eigenvalue weighted by Gasteiger charge is -2.31. The fourth-order valence-electron chi connectivity index (χ4n) is 1.68. The normalized spacial score (nSPS) is 21.4. The molecule has 0 spiro atoms. The average Bonchev–Trinajstić information content (AvgIpc) is 2.83. The molecule has 0 atom stereocenters. The Balaban J connectivity index is 1.87. The van der Waals surface area contributed by atoms with E-state index in [-0.39, 0.29) is 0 Å². The van der Waals surface area contributed by atoms with Crippen molar-refractivity contribution in [3.05, 3.63) is 18.1 Å². The Morgan fingerprint density at radius 3 is 2.69 bits per heavy atom. The molecule has 1 saturated heterocycles. The van der Waals surface area contributed by atoms with Crippen molar-refractivity contribution in [3.8, 4) is 0 Å². The average molecular weight is 175 g/mol. The summed E-state index contributed by atoms with van der Waals surface area (Å²) < 4.78 is 0. The molecule has 0 bridgehead atoms. The van der Waals surface area contributed by atoms with Crippen molar-refractivity contribution in [2.24, 2.45) is 0 Å². The predicted octanol–water partition coefficient (Wildman–Crippen LogP) is 1.56. The summed E-state index contributed by atoms with van der Waals surface area (Å²) >= 11 is 0. The number of hydrogen-bond acceptors (Lipinski definition) is 3. The van der Waals surface area contributed by atoms with Crippen LogP contribution in [0.3, 0.4) is 0 Å². The van der Waals surface area contributed by atoms with E-state index in [9.17, 15) is 0 Å². The first-order valence-electron chi connectivity index (χ1n) is 5.00. The maximum absolute atomic E-state index is 4.30. The molecule has 1 aromatic heterocycles. The summed E-state index contributed by atoms with van der Waals surface area (Å²) in [7, 11) is 0. The highest BCUT2D eigenvalue weighted by Crippen LogP contribution is 2.39. The molecule has 3 rings (SSSR count). The van der Waals surface area contributed by atoms with Gasteiger partial charge in [0.25, 0.3) is 0 Å². The number of anilines is 1. The maximum atomic E-state index is 4.30. The lowest BCUT2D eigenvalue weighted by atomic mass is 10.2. The lowest BCUT2D eigenvalue weighted by Crippen LogP contribution is -2.37. The highest BCUT2D eigenvalue weighted by atomic mass is 15.2. The van der Waals surface area contributed by atoms with Crippen molar-refractivity contribution in [3.63, 3.8) is 0 Å². The molecule has 0 N–H and O–H groups in total. The van der Waals surface area contributed by atoms with E-state index in [1.54, 1.807) is 6.33 Å². The topological polar surface area (TPSA) is 29.0 Å². The zero-order valence-corrected chi connectivity index (χ0v) is 7.61. The molecule has 3 nitrogen and oxygen atoms in total. The number of rotatable bonds is 2. The molecule has 2 aliphatic rings. The molecule has 0 unspecified atom stereocenters. The second kappa shape index (κ2) is 2.69. The van der Waals surface area contributed by atoms with Crippen LogP contribution in [0.25, 0.3) is 0 Å². The lowest BCUT2D eigenvalue weighted by molar-refractivity contribution is 0.608. The van der Waals surface area contributed by atoms with E-state index in [1.165, 1.54) is 38.0 Å². The van der Waals surface area contributed by atoms with Crippen LogP contribution in [0.2, 0.25) is 0 Å². The zero-order valence-electron chi connectivity index (χ0n) is 7.61. The highest BCUT2D eigenvalue weighted by molar-refractivity contribution is 5.42. The molecule has 1 aliphatic carbocycles. The summed E-state index contributed by atoms with van der Waals surface area (Å²) in [5.41, 5.74) is 1.25.